The summed E-state index contributed by atoms with van der Waals surface area (Å²) in [6.45, 7) is 0. The summed E-state index contributed by atoms with van der Waals surface area (Å²) in [6.07, 6.45) is 1.80. The number of hydrogen-bond acceptors (Lipinski definition) is 4. The lowest BCUT2D eigenvalue weighted by Gasteiger charge is -2.13. The number of para-hydroxylation sites is 5. The lowest BCUT2D eigenvalue weighted by Crippen LogP contribution is -2.00. The Bertz CT molecular complexity index is 3330. The number of furan rings is 2. The molecule has 0 spiro atoms. The molecule has 0 atom stereocenters. The first-order valence-corrected chi connectivity index (χ1v) is 17.4. The van der Waals surface area contributed by atoms with Crippen LogP contribution >= 0.6 is 0 Å². The first-order chi connectivity index (χ1) is 25.8. The Morgan fingerprint density at radius 3 is 1.63 bits per heavy atom. The Morgan fingerprint density at radius 1 is 0.423 bits per heavy atom. The average molecular weight is 667 g/mol. The number of hydrogen-bond donors (Lipinski definition) is 0. The SMILES string of the molecule is c1ccc2c(c1)oc1c(-c3ncc4oc5ccc(-n6c7ccccc7c7ccccc76)cc5c4n3)c(-n3c4ccccc4c4ccccc43)ccc12. The van der Waals surface area contributed by atoms with Gasteiger partial charge in [-0.2, -0.15) is 0 Å². The average Bonchev–Trinajstić information content (AvgIpc) is 3.95. The van der Waals surface area contributed by atoms with Crippen molar-refractivity contribution in [2.24, 2.45) is 0 Å². The van der Waals surface area contributed by atoms with E-state index >= 15 is 0 Å². The molecule has 242 valence electrons. The monoisotopic (exact) mass is 666 g/mol. The van der Waals surface area contributed by atoms with Crippen molar-refractivity contribution >= 4 is 87.6 Å². The van der Waals surface area contributed by atoms with Crippen molar-refractivity contribution in [3.8, 4) is 22.8 Å². The molecule has 0 unspecified atom stereocenters. The van der Waals surface area contributed by atoms with Gasteiger partial charge < -0.3 is 18.0 Å². The molecule has 5 heterocycles. The molecule has 12 aromatic rings. The van der Waals surface area contributed by atoms with Crippen molar-refractivity contribution in [1.82, 2.24) is 19.1 Å². The first kappa shape index (κ1) is 27.6. The molecule has 6 nitrogen and oxygen atoms in total. The molecule has 5 aromatic heterocycles. The Labute approximate surface area is 295 Å². The third kappa shape index (κ3) is 3.67. The smallest absolute Gasteiger partial charge is 0.172 e. The topological polar surface area (TPSA) is 61.9 Å². The largest absolute Gasteiger partial charge is 0.455 e. The summed E-state index contributed by atoms with van der Waals surface area (Å²) in [7, 11) is 0. The Kier molecular flexibility index (Phi) is 5.41. The minimum atomic E-state index is 0.569. The summed E-state index contributed by atoms with van der Waals surface area (Å²) in [5.74, 6) is 0.569. The lowest BCUT2D eigenvalue weighted by molar-refractivity contribution is 0.664. The van der Waals surface area contributed by atoms with Crippen LogP contribution in [-0.4, -0.2) is 19.1 Å². The molecule has 0 fully saturated rings. The fraction of sp³-hybridized carbons (Fsp3) is 0. The van der Waals surface area contributed by atoms with Gasteiger partial charge in [-0.1, -0.05) is 91.0 Å². The van der Waals surface area contributed by atoms with Gasteiger partial charge in [-0.15, -0.1) is 0 Å². The van der Waals surface area contributed by atoms with Crippen molar-refractivity contribution in [2.75, 3.05) is 0 Å². The normalized spacial score (nSPS) is 12.2. The molecule has 0 aliphatic heterocycles. The van der Waals surface area contributed by atoms with Gasteiger partial charge in [0.1, 0.15) is 22.3 Å². The molecule has 0 aliphatic rings. The summed E-state index contributed by atoms with van der Waals surface area (Å²) in [5.41, 5.74) is 11.0. The van der Waals surface area contributed by atoms with E-state index in [2.05, 4.69) is 137 Å². The third-order valence-corrected chi connectivity index (χ3v) is 10.6. The molecule has 0 amide bonds. The fourth-order valence-electron chi connectivity index (χ4n) is 8.37. The van der Waals surface area contributed by atoms with Gasteiger partial charge >= 0.3 is 0 Å². The molecular weight excluding hydrogens is 641 g/mol. The lowest BCUT2D eigenvalue weighted by atomic mass is 10.1. The van der Waals surface area contributed by atoms with Crippen molar-refractivity contribution in [1.29, 1.82) is 0 Å². The zero-order chi connectivity index (χ0) is 33.9. The van der Waals surface area contributed by atoms with Gasteiger partial charge in [-0.25, -0.2) is 9.97 Å². The van der Waals surface area contributed by atoms with E-state index in [1.807, 2.05) is 24.3 Å². The number of benzene rings is 7. The summed E-state index contributed by atoms with van der Waals surface area (Å²) in [4.78, 5) is 10.3. The maximum absolute atomic E-state index is 6.71. The second-order valence-electron chi connectivity index (χ2n) is 13.4. The standard InChI is InChI=1S/C46H26N4O2/c1-6-16-35-28(11-1)29-12-2-7-17-36(29)49(35)27-21-24-41-34(25-27)44-42(51-41)26-47-46(48-44)43-39(23-22-33-32-15-5-10-20-40(32)52-45(33)43)50-37-18-8-3-13-30(37)31-14-4-9-19-38(31)50/h1-26H. The zero-order valence-electron chi connectivity index (χ0n) is 27.6. The molecule has 7 aromatic carbocycles. The Morgan fingerprint density at radius 2 is 0.981 bits per heavy atom. The highest BCUT2D eigenvalue weighted by atomic mass is 16.3. The van der Waals surface area contributed by atoms with Crippen LogP contribution < -0.4 is 0 Å². The van der Waals surface area contributed by atoms with E-state index in [1.165, 1.54) is 21.5 Å². The van der Waals surface area contributed by atoms with Crippen molar-refractivity contribution in [3.05, 3.63) is 158 Å². The predicted molar refractivity (Wildman–Crippen MR) is 211 cm³/mol. The van der Waals surface area contributed by atoms with E-state index in [1.54, 1.807) is 6.20 Å². The highest BCUT2D eigenvalue weighted by Gasteiger charge is 2.24. The molecule has 0 N–H and O–H groups in total. The quantitative estimate of drug-likeness (QED) is 0.188. The molecule has 52 heavy (non-hydrogen) atoms. The molecule has 0 radical (unpaired) electrons. The highest BCUT2D eigenvalue weighted by Crippen LogP contribution is 2.43. The maximum atomic E-state index is 6.71. The van der Waals surface area contributed by atoms with Gasteiger partial charge in [-0.05, 0) is 60.7 Å². The van der Waals surface area contributed by atoms with Crippen molar-refractivity contribution in [2.45, 2.75) is 0 Å². The van der Waals surface area contributed by atoms with Crippen LogP contribution in [0.15, 0.2) is 167 Å². The van der Waals surface area contributed by atoms with Crippen LogP contribution in [0.4, 0.5) is 0 Å². The van der Waals surface area contributed by atoms with E-state index in [-0.39, 0.29) is 0 Å². The molecule has 0 aliphatic carbocycles. The molecular formula is C46H26N4O2. The molecule has 0 saturated carbocycles. The van der Waals surface area contributed by atoms with E-state index in [4.69, 9.17) is 18.8 Å². The minimum Gasteiger partial charge on any atom is -0.455 e. The number of fused-ring (bicyclic) bond motifs is 12. The van der Waals surface area contributed by atoms with Crippen LogP contribution in [0.25, 0.3) is 110 Å². The van der Waals surface area contributed by atoms with Crippen LogP contribution in [0, 0.1) is 0 Å². The van der Waals surface area contributed by atoms with Gasteiger partial charge in [0.05, 0.1) is 39.5 Å². The summed E-state index contributed by atoms with van der Waals surface area (Å²) < 4.78 is 17.7. The molecule has 0 bridgehead atoms. The second kappa shape index (κ2) is 10.2. The number of aromatic nitrogens is 4. The maximum Gasteiger partial charge on any atom is 0.172 e. The van der Waals surface area contributed by atoms with Crippen molar-refractivity contribution in [3.63, 3.8) is 0 Å². The third-order valence-electron chi connectivity index (χ3n) is 10.6. The van der Waals surface area contributed by atoms with Gasteiger partial charge in [-0.3, -0.25) is 0 Å². The van der Waals surface area contributed by atoms with Gasteiger partial charge in [0.2, 0.25) is 0 Å². The van der Waals surface area contributed by atoms with E-state index in [9.17, 15) is 0 Å². The predicted octanol–water partition coefficient (Wildman–Crippen LogP) is 12.1. The van der Waals surface area contributed by atoms with E-state index < -0.39 is 0 Å². The summed E-state index contributed by atoms with van der Waals surface area (Å²) >= 11 is 0. The highest BCUT2D eigenvalue weighted by molar-refractivity contribution is 6.15. The first-order valence-electron chi connectivity index (χ1n) is 17.4. The molecule has 12 rings (SSSR count). The molecule has 0 saturated heterocycles. The molecule has 6 heteroatoms. The Hall–Kier alpha value is -7.18. The summed E-state index contributed by atoms with van der Waals surface area (Å²) in [5, 5.41) is 7.80. The van der Waals surface area contributed by atoms with Crippen LogP contribution in [0.3, 0.4) is 0 Å². The van der Waals surface area contributed by atoms with E-state index in [0.29, 0.717) is 11.4 Å². The van der Waals surface area contributed by atoms with Gasteiger partial charge in [0, 0.05) is 43.4 Å². The minimum absolute atomic E-state index is 0.569. The fourth-order valence-corrected chi connectivity index (χ4v) is 8.37. The summed E-state index contributed by atoms with van der Waals surface area (Å²) in [6, 6.07) is 53.1. The van der Waals surface area contributed by atoms with Crippen molar-refractivity contribution < 1.29 is 8.83 Å². The van der Waals surface area contributed by atoms with E-state index in [0.717, 1.165) is 77.4 Å². The van der Waals surface area contributed by atoms with Crippen LogP contribution in [0.1, 0.15) is 0 Å². The Balaban J connectivity index is 1.16. The number of rotatable bonds is 3. The van der Waals surface area contributed by atoms with Crippen LogP contribution in [-0.2, 0) is 0 Å². The van der Waals surface area contributed by atoms with Gasteiger partial charge in [0.25, 0.3) is 0 Å². The van der Waals surface area contributed by atoms with Gasteiger partial charge in [0.15, 0.2) is 11.4 Å². The zero-order valence-corrected chi connectivity index (χ0v) is 27.6. The van der Waals surface area contributed by atoms with Crippen LogP contribution in [0.5, 0.6) is 0 Å². The van der Waals surface area contributed by atoms with Crippen LogP contribution in [0.2, 0.25) is 0 Å². The second-order valence-corrected chi connectivity index (χ2v) is 13.4. The number of nitrogens with zero attached hydrogens (tertiary/aromatic N) is 4.